The Labute approximate surface area is 80.0 Å². The van der Waals surface area contributed by atoms with Gasteiger partial charge in [0.25, 0.3) is 0 Å². The number of hydrogen-bond acceptors (Lipinski definition) is 3. The number of amides is 1. The molecular formula is C9H21N3O. The molecule has 0 bridgehead atoms. The molecule has 0 spiro atoms. The number of rotatable bonds is 7. The van der Waals surface area contributed by atoms with E-state index in [-0.39, 0.29) is 5.91 Å². The molecule has 0 aliphatic rings. The van der Waals surface area contributed by atoms with Crippen LogP contribution in [-0.2, 0) is 4.79 Å². The van der Waals surface area contributed by atoms with E-state index in [9.17, 15) is 4.79 Å². The Hall–Kier alpha value is -0.610. The lowest BCUT2D eigenvalue weighted by molar-refractivity contribution is -0.121. The highest BCUT2D eigenvalue weighted by atomic mass is 16.1. The van der Waals surface area contributed by atoms with Gasteiger partial charge in [0.1, 0.15) is 0 Å². The SMILES string of the molecule is CCCCCCC(=O)NC(N)CN. The van der Waals surface area contributed by atoms with Gasteiger partial charge in [0.15, 0.2) is 0 Å². The second-order valence-electron chi connectivity index (χ2n) is 3.22. The van der Waals surface area contributed by atoms with Gasteiger partial charge >= 0.3 is 0 Å². The van der Waals surface area contributed by atoms with Crippen molar-refractivity contribution in [2.75, 3.05) is 6.54 Å². The topological polar surface area (TPSA) is 81.1 Å². The summed E-state index contributed by atoms with van der Waals surface area (Å²) in [5.74, 6) is 0.00838. The van der Waals surface area contributed by atoms with Gasteiger partial charge in [-0.2, -0.15) is 0 Å². The molecule has 0 aliphatic heterocycles. The van der Waals surface area contributed by atoms with Gasteiger partial charge in [0.2, 0.25) is 5.91 Å². The quantitative estimate of drug-likeness (QED) is 0.396. The van der Waals surface area contributed by atoms with Crippen LogP contribution in [-0.4, -0.2) is 18.6 Å². The first kappa shape index (κ1) is 12.4. The maximum absolute atomic E-state index is 11.1. The van der Waals surface area contributed by atoms with Gasteiger partial charge in [-0.05, 0) is 6.42 Å². The predicted molar refractivity (Wildman–Crippen MR) is 53.9 cm³/mol. The van der Waals surface area contributed by atoms with Crippen molar-refractivity contribution in [1.82, 2.24) is 5.32 Å². The molecule has 0 radical (unpaired) electrons. The molecule has 13 heavy (non-hydrogen) atoms. The number of hydrogen-bond donors (Lipinski definition) is 3. The van der Waals surface area contributed by atoms with E-state index >= 15 is 0 Å². The fourth-order valence-corrected chi connectivity index (χ4v) is 1.05. The second-order valence-corrected chi connectivity index (χ2v) is 3.22. The highest BCUT2D eigenvalue weighted by molar-refractivity contribution is 5.76. The Morgan fingerprint density at radius 2 is 2.08 bits per heavy atom. The first-order chi connectivity index (χ1) is 6.20. The van der Waals surface area contributed by atoms with Crippen molar-refractivity contribution >= 4 is 5.91 Å². The third kappa shape index (κ3) is 7.74. The van der Waals surface area contributed by atoms with Crippen molar-refractivity contribution in [3.8, 4) is 0 Å². The molecule has 5 N–H and O–H groups in total. The van der Waals surface area contributed by atoms with Crippen LogP contribution in [0, 0.1) is 0 Å². The minimum atomic E-state index is -0.390. The lowest BCUT2D eigenvalue weighted by Crippen LogP contribution is -2.46. The van der Waals surface area contributed by atoms with E-state index in [4.69, 9.17) is 11.5 Å². The summed E-state index contributed by atoms with van der Waals surface area (Å²) in [6.07, 6.45) is 4.60. The van der Waals surface area contributed by atoms with Gasteiger partial charge in [-0.3, -0.25) is 4.79 Å². The van der Waals surface area contributed by atoms with Gasteiger partial charge < -0.3 is 16.8 Å². The molecule has 4 heteroatoms. The molecule has 0 rings (SSSR count). The molecular weight excluding hydrogens is 166 g/mol. The monoisotopic (exact) mass is 187 g/mol. The van der Waals surface area contributed by atoms with E-state index in [2.05, 4.69) is 12.2 Å². The van der Waals surface area contributed by atoms with Crippen molar-refractivity contribution in [2.45, 2.75) is 45.2 Å². The summed E-state index contributed by atoms with van der Waals surface area (Å²) in [5, 5.41) is 2.62. The maximum atomic E-state index is 11.1. The molecule has 0 aromatic heterocycles. The molecule has 0 saturated heterocycles. The van der Waals surface area contributed by atoms with Crippen LogP contribution in [0.2, 0.25) is 0 Å². The number of nitrogens with two attached hydrogens (primary N) is 2. The maximum Gasteiger partial charge on any atom is 0.221 e. The van der Waals surface area contributed by atoms with Crippen LogP contribution in [0.4, 0.5) is 0 Å². The van der Waals surface area contributed by atoms with E-state index in [0.717, 1.165) is 12.8 Å². The summed E-state index contributed by atoms with van der Waals surface area (Å²) < 4.78 is 0. The number of carbonyl (C=O) groups excluding carboxylic acids is 1. The molecule has 0 aromatic carbocycles. The Kier molecular flexibility index (Phi) is 7.63. The zero-order valence-electron chi connectivity index (χ0n) is 8.38. The Morgan fingerprint density at radius 1 is 1.38 bits per heavy atom. The molecule has 0 aliphatic carbocycles. The summed E-state index contributed by atoms with van der Waals surface area (Å²) in [6, 6.07) is 0. The Morgan fingerprint density at radius 3 is 2.62 bits per heavy atom. The average molecular weight is 187 g/mol. The van der Waals surface area contributed by atoms with Gasteiger partial charge in [-0.1, -0.05) is 26.2 Å². The van der Waals surface area contributed by atoms with Crippen LogP contribution < -0.4 is 16.8 Å². The van der Waals surface area contributed by atoms with Crippen LogP contribution in [0.15, 0.2) is 0 Å². The van der Waals surface area contributed by atoms with Gasteiger partial charge in [0.05, 0.1) is 6.17 Å². The Bertz CT molecular complexity index is 139. The van der Waals surface area contributed by atoms with E-state index < -0.39 is 6.17 Å². The summed E-state index contributed by atoms with van der Waals surface area (Å²) in [5.41, 5.74) is 10.7. The minimum Gasteiger partial charge on any atom is -0.340 e. The lowest BCUT2D eigenvalue weighted by atomic mass is 10.1. The number of carbonyl (C=O) groups is 1. The molecule has 1 unspecified atom stereocenters. The summed E-state index contributed by atoms with van der Waals surface area (Å²) in [6.45, 7) is 2.44. The van der Waals surface area contributed by atoms with Crippen molar-refractivity contribution in [3.63, 3.8) is 0 Å². The first-order valence-electron chi connectivity index (χ1n) is 4.95. The molecule has 0 fully saturated rings. The van der Waals surface area contributed by atoms with E-state index in [1.165, 1.54) is 12.8 Å². The van der Waals surface area contributed by atoms with Crippen LogP contribution >= 0.6 is 0 Å². The predicted octanol–water partition coefficient (Wildman–Crippen LogP) is 0.317. The smallest absolute Gasteiger partial charge is 0.221 e. The fraction of sp³-hybridized carbons (Fsp3) is 0.889. The average Bonchev–Trinajstić information content (AvgIpc) is 2.12. The number of nitrogens with one attached hydrogen (secondary N) is 1. The van der Waals surface area contributed by atoms with Crippen LogP contribution in [0.3, 0.4) is 0 Å². The molecule has 4 nitrogen and oxygen atoms in total. The van der Waals surface area contributed by atoms with Crippen LogP contribution in [0.5, 0.6) is 0 Å². The minimum absolute atomic E-state index is 0.00838. The van der Waals surface area contributed by atoms with Gasteiger partial charge in [0, 0.05) is 13.0 Å². The highest BCUT2D eigenvalue weighted by Gasteiger charge is 2.04. The summed E-state index contributed by atoms with van der Waals surface area (Å²) >= 11 is 0. The summed E-state index contributed by atoms with van der Waals surface area (Å²) in [4.78, 5) is 11.1. The van der Waals surface area contributed by atoms with Crippen molar-refractivity contribution in [2.24, 2.45) is 11.5 Å². The standard InChI is InChI=1S/C9H21N3O/c1-2-3-4-5-6-9(13)12-8(11)7-10/h8H,2-7,10-11H2,1H3,(H,12,13). The molecule has 1 atom stereocenters. The first-order valence-corrected chi connectivity index (χ1v) is 4.95. The van der Waals surface area contributed by atoms with Crippen LogP contribution in [0.25, 0.3) is 0 Å². The second kappa shape index (κ2) is 8.01. The number of unbranched alkanes of at least 4 members (excludes halogenated alkanes) is 3. The molecule has 0 aromatic rings. The highest BCUT2D eigenvalue weighted by Crippen LogP contribution is 2.01. The van der Waals surface area contributed by atoms with E-state index in [0.29, 0.717) is 13.0 Å². The molecule has 1 amide bonds. The molecule has 0 saturated carbocycles. The molecule has 78 valence electrons. The van der Waals surface area contributed by atoms with Crippen molar-refractivity contribution in [1.29, 1.82) is 0 Å². The van der Waals surface area contributed by atoms with E-state index in [1.807, 2.05) is 0 Å². The summed E-state index contributed by atoms with van der Waals surface area (Å²) in [7, 11) is 0. The van der Waals surface area contributed by atoms with Crippen LogP contribution in [0.1, 0.15) is 39.0 Å². The largest absolute Gasteiger partial charge is 0.340 e. The Balaban J connectivity index is 3.30. The lowest BCUT2D eigenvalue weighted by Gasteiger charge is -2.10. The third-order valence-electron chi connectivity index (χ3n) is 1.86. The normalized spacial score (nSPS) is 12.5. The zero-order valence-corrected chi connectivity index (χ0v) is 8.38. The van der Waals surface area contributed by atoms with E-state index in [1.54, 1.807) is 0 Å². The zero-order chi connectivity index (χ0) is 10.1. The molecule has 0 heterocycles. The fourth-order valence-electron chi connectivity index (χ4n) is 1.05. The van der Waals surface area contributed by atoms with Crippen molar-refractivity contribution < 1.29 is 4.79 Å². The van der Waals surface area contributed by atoms with Gasteiger partial charge in [-0.25, -0.2) is 0 Å². The van der Waals surface area contributed by atoms with Crippen molar-refractivity contribution in [3.05, 3.63) is 0 Å². The third-order valence-corrected chi connectivity index (χ3v) is 1.86. The van der Waals surface area contributed by atoms with Gasteiger partial charge in [-0.15, -0.1) is 0 Å².